The minimum absolute atomic E-state index is 0.181. The zero-order valence-corrected chi connectivity index (χ0v) is 17.3. The molecule has 0 aliphatic rings. The number of methoxy groups -OCH3 is 1. The number of hydrogen-bond donors (Lipinski definition) is 1. The topological polar surface area (TPSA) is 86.2 Å². The first-order valence-electron chi connectivity index (χ1n) is 9.20. The van der Waals surface area contributed by atoms with Crippen molar-refractivity contribution in [3.05, 3.63) is 88.9 Å². The van der Waals surface area contributed by atoms with Crippen LogP contribution in [0.15, 0.2) is 77.9 Å². The van der Waals surface area contributed by atoms with Gasteiger partial charge < -0.3 is 14.2 Å². The molecule has 0 saturated carbocycles. The second kappa shape index (κ2) is 10.8. The smallest absolute Gasteiger partial charge is 0.343 e. The second-order valence-electron chi connectivity index (χ2n) is 6.22. The summed E-state index contributed by atoms with van der Waals surface area (Å²) in [5.41, 5.74) is 3.50. The Kier molecular flexibility index (Phi) is 7.61. The maximum Gasteiger partial charge on any atom is 0.343 e. The van der Waals surface area contributed by atoms with Crippen LogP contribution in [0, 0.1) is 0 Å². The number of ether oxygens (including phenoxy) is 3. The highest BCUT2D eigenvalue weighted by Crippen LogP contribution is 2.17. The minimum Gasteiger partial charge on any atom is -0.497 e. The number of amides is 1. The van der Waals surface area contributed by atoms with Crippen molar-refractivity contribution in [1.82, 2.24) is 5.43 Å². The van der Waals surface area contributed by atoms with Crippen LogP contribution in [0.2, 0.25) is 5.02 Å². The van der Waals surface area contributed by atoms with Gasteiger partial charge in [0.25, 0.3) is 5.91 Å². The highest BCUT2D eigenvalue weighted by Gasteiger charge is 2.08. The first-order chi connectivity index (χ1) is 15.0. The molecule has 1 amide bonds. The van der Waals surface area contributed by atoms with Crippen molar-refractivity contribution < 1.29 is 23.8 Å². The molecule has 31 heavy (non-hydrogen) atoms. The molecule has 0 fully saturated rings. The average Bonchev–Trinajstić information content (AvgIpc) is 2.80. The van der Waals surface area contributed by atoms with Crippen LogP contribution in [0.4, 0.5) is 0 Å². The SMILES string of the molecule is COc1ccc(C(=O)Oc2ccc(C=NNC(=O)COc3ccc(Cl)cc3)cc2)cc1. The van der Waals surface area contributed by atoms with E-state index in [9.17, 15) is 9.59 Å². The minimum atomic E-state index is -0.475. The van der Waals surface area contributed by atoms with E-state index in [0.717, 1.165) is 0 Å². The third kappa shape index (κ3) is 6.87. The zero-order valence-electron chi connectivity index (χ0n) is 16.6. The highest BCUT2D eigenvalue weighted by molar-refractivity contribution is 6.30. The van der Waals surface area contributed by atoms with Gasteiger partial charge in [0.05, 0.1) is 18.9 Å². The zero-order chi connectivity index (χ0) is 22.1. The summed E-state index contributed by atoms with van der Waals surface area (Å²) >= 11 is 5.79. The molecule has 0 saturated heterocycles. The molecule has 3 aromatic rings. The molecule has 3 aromatic carbocycles. The van der Waals surface area contributed by atoms with Gasteiger partial charge in [-0.25, -0.2) is 10.2 Å². The molecule has 1 N–H and O–H groups in total. The van der Waals surface area contributed by atoms with E-state index < -0.39 is 11.9 Å². The van der Waals surface area contributed by atoms with Gasteiger partial charge >= 0.3 is 5.97 Å². The lowest BCUT2D eigenvalue weighted by Crippen LogP contribution is -2.24. The van der Waals surface area contributed by atoms with Gasteiger partial charge in [0.15, 0.2) is 6.61 Å². The van der Waals surface area contributed by atoms with Crippen LogP contribution in [0.1, 0.15) is 15.9 Å². The summed E-state index contributed by atoms with van der Waals surface area (Å²) in [5, 5.41) is 4.46. The number of hydrazone groups is 1. The molecule has 0 unspecified atom stereocenters. The molecule has 0 spiro atoms. The Hall–Kier alpha value is -3.84. The van der Waals surface area contributed by atoms with Crippen LogP contribution < -0.4 is 19.6 Å². The molecular weight excluding hydrogens is 420 g/mol. The fraction of sp³-hybridized carbons (Fsp3) is 0.0870. The molecule has 0 aliphatic carbocycles. The van der Waals surface area contributed by atoms with Gasteiger partial charge in [-0.15, -0.1) is 0 Å². The summed E-state index contributed by atoms with van der Waals surface area (Å²) < 4.78 is 15.7. The Labute approximate surface area is 184 Å². The third-order valence-corrected chi connectivity index (χ3v) is 4.25. The summed E-state index contributed by atoms with van der Waals surface area (Å²) in [6, 6.07) is 20.0. The second-order valence-corrected chi connectivity index (χ2v) is 6.66. The number of carbonyl (C=O) groups excluding carboxylic acids is 2. The van der Waals surface area contributed by atoms with Crippen molar-refractivity contribution in [3.8, 4) is 17.2 Å². The van der Waals surface area contributed by atoms with Gasteiger partial charge in [-0.05, 0) is 78.4 Å². The molecular formula is C23H19ClN2O5. The first kappa shape index (κ1) is 21.9. The maximum atomic E-state index is 12.2. The number of hydrogen-bond acceptors (Lipinski definition) is 6. The summed E-state index contributed by atoms with van der Waals surface area (Å²) in [5.74, 6) is 0.693. The number of halogens is 1. The number of nitrogens with zero attached hydrogens (tertiary/aromatic N) is 1. The van der Waals surface area contributed by atoms with E-state index >= 15 is 0 Å². The van der Waals surface area contributed by atoms with Gasteiger partial charge in [-0.2, -0.15) is 5.10 Å². The quantitative estimate of drug-likeness (QED) is 0.248. The Bertz CT molecular complexity index is 1050. The van der Waals surface area contributed by atoms with E-state index in [-0.39, 0.29) is 6.61 Å². The monoisotopic (exact) mass is 438 g/mol. The lowest BCUT2D eigenvalue weighted by Gasteiger charge is -2.06. The molecule has 0 aromatic heterocycles. The first-order valence-corrected chi connectivity index (χ1v) is 9.58. The number of nitrogens with one attached hydrogen (secondary N) is 1. The molecule has 0 aliphatic heterocycles. The van der Waals surface area contributed by atoms with Crippen molar-refractivity contribution in [2.24, 2.45) is 5.10 Å². The van der Waals surface area contributed by atoms with E-state index in [4.69, 9.17) is 25.8 Å². The average molecular weight is 439 g/mol. The van der Waals surface area contributed by atoms with Gasteiger partial charge in [0.2, 0.25) is 0 Å². The summed E-state index contributed by atoms with van der Waals surface area (Å²) in [6.07, 6.45) is 1.47. The maximum absolute atomic E-state index is 12.2. The van der Waals surface area contributed by atoms with Crippen LogP contribution in [0.25, 0.3) is 0 Å². The van der Waals surface area contributed by atoms with Gasteiger partial charge in [0, 0.05) is 5.02 Å². The lowest BCUT2D eigenvalue weighted by molar-refractivity contribution is -0.123. The van der Waals surface area contributed by atoms with Gasteiger partial charge in [-0.3, -0.25) is 4.79 Å². The fourth-order valence-electron chi connectivity index (χ4n) is 2.41. The van der Waals surface area contributed by atoms with E-state index in [2.05, 4.69) is 10.5 Å². The number of esters is 1. The van der Waals surface area contributed by atoms with E-state index in [0.29, 0.717) is 33.4 Å². The molecule has 0 radical (unpaired) electrons. The third-order valence-electron chi connectivity index (χ3n) is 4.00. The normalized spacial score (nSPS) is 10.5. The standard InChI is InChI=1S/C23H19ClN2O5/c1-29-19-10-4-17(5-11-19)23(28)31-21-8-2-16(3-9-21)14-25-26-22(27)15-30-20-12-6-18(24)7-13-20/h2-14H,15H2,1H3,(H,26,27). The Morgan fingerprint density at radius 2 is 1.52 bits per heavy atom. The highest BCUT2D eigenvalue weighted by atomic mass is 35.5. The molecule has 3 rings (SSSR count). The van der Waals surface area contributed by atoms with E-state index in [1.165, 1.54) is 6.21 Å². The Balaban J connectivity index is 1.45. The lowest BCUT2D eigenvalue weighted by atomic mass is 10.2. The summed E-state index contributed by atoms with van der Waals surface area (Å²) in [4.78, 5) is 24.0. The van der Waals surface area contributed by atoms with Crippen molar-refractivity contribution in [1.29, 1.82) is 0 Å². The molecule has 8 heteroatoms. The van der Waals surface area contributed by atoms with Gasteiger partial charge in [0.1, 0.15) is 17.2 Å². The number of benzene rings is 3. The summed E-state index contributed by atoms with van der Waals surface area (Å²) in [6.45, 7) is -0.181. The molecule has 0 bridgehead atoms. The van der Waals surface area contributed by atoms with Crippen molar-refractivity contribution in [2.45, 2.75) is 0 Å². The number of carbonyl (C=O) groups is 2. The van der Waals surface area contributed by atoms with Crippen LogP contribution in [0.3, 0.4) is 0 Å². The van der Waals surface area contributed by atoms with Crippen LogP contribution in [0.5, 0.6) is 17.2 Å². The predicted octanol–water partition coefficient (Wildman–Crippen LogP) is 4.10. The fourth-order valence-corrected chi connectivity index (χ4v) is 2.53. The van der Waals surface area contributed by atoms with Crippen LogP contribution in [-0.4, -0.2) is 31.8 Å². The predicted molar refractivity (Wildman–Crippen MR) is 117 cm³/mol. The van der Waals surface area contributed by atoms with Crippen LogP contribution >= 0.6 is 11.6 Å². The van der Waals surface area contributed by atoms with E-state index in [1.54, 1.807) is 79.9 Å². The summed E-state index contributed by atoms with van der Waals surface area (Å²) in [7, 11) is 1.55. The van der Waals surface area contributed by atoms with Crippen LogP contribution in [-0.2, 0) is 4.79 Å². The Morgan fingerprint density at radius 1 is 0.903 bits per heavy atom. The van der Waals surface area contributed by atoms with Gasteiger partial charge in [-0.1, -0.05) is 11.6 Å². The van der Waals surface area contributed by atoms with Crippen molar-refractivity contribution in [2.75, 3.05) is 13.7 Å². The number of rotatable bonds is 8. The molecule has 0 atom stereocenters. The Morgan fingerprint density at radius 3 is 2.16 bits per heavy atom. The molecule has 158 valence electrons. The molecule has 0 heterocycles. The largest absolute Gasteiger partial charge is 0.497 e. The van der Waals surface area contributed by atoms with Crippen molar-refractivity contribution in [3.63, 3.8) is 0 Å². The van der Waals surface area contributed by atoms with Crippen molar-refractivity contribution >= 4 is 29.7 Å². The molecule has 7 nitrogen and oxygen atoms in total. The van der Waals surface area contributed by atoms with E-state index in [1.807, 2.05) is 0 Å².